The number of nitrogens with one attached hydrogen (secondary N) is 2. The largest absolute Gasteiger partial charge is 0.382 e. The molecule has 1 heterocycles. The summed E-state index contributed by atoms with van der Waals surface area (Å²) in [5.41, 5.74) is 6.72. The van der Waals surface area contributed by atoms with E-state index in [1.807, 2.05) is 6.07 Å². The van der Waals surface area contributed by atoms with Gasteiger partial charge in [0.1, 0.15) is 11.5 Å². The first kappa shape index (κ1) is 9.51. The van der Waals surface area contributed by atoms with Crippen LogP contribution >= 0.6 is 0 Å². The summed E-state index contributed by atoms with van der Waals surface area (Å²) in [6.45, 7) is 4.11. The van der Waals surface area contributed by atoms with Crippen molar-refractivity contribution >= 4 is 11.5 Å². The molecule has 0 spiro atoms. The molecule has 4 nitrogen and oxygen atoms in total. The van der Waals surface area contributed by atoms with E-state index in [9.17, 15) is 0 Å². The number of nitrogen functional groups attached to an aromatic ring is 1. The third-order valence-electron chi connectivity index (χ3n) is 1.49. The lowest BCUT2D eigenvalue weighted by Crippen LogP contribution is -2.14. The van der Waals surface area contributed by atoms with Gasteiger partial charge in [-0.15, -0.1) is 0 Å². The topological polar surface area (TPSA) is 74.8 Å². The molecule has 0 fully saturated rings. The van der Waals surface area contributed by atoms with Crippen LogP contribution in [0.3, 0.4) is 0 Å². The zero-order chi connectivity index (χ0) is 9.84. The number of nitrogens with two attached hydrogens (primary N) is 1. The molecule has 1 aromatic rings. The molecule has 1 aromatic heterocycles. The molecule has 0 aliphatic carbocycles. The summed E-state index contributed by atoms with van der Waals surface area (Å²) in [6, 6.07) is 3.97. The predicted octanol–water partition coefficient (Wildman–Crippen LogP) is 1.19. The zero-order valence-electron chi connectivity index (χ0n) is 7.83. The average molecular weight is 178 g/mol. The first-order valence-corrected chi connectivity index (χ1v) is 4.16. The van der Waals surface area contributed by atoms with E-state index in [1.165, 1.54) is 0 Å². The quantitative estimate of drug-likeness (QED) is 0.480. The van der Waals surface area contributed by atoms with E-state index in [0.717, 1.165) is 5.69 Å². The third kappa shape index (κ3) is 2.74. The summed E-state index contributed by atoms with van der Waals surface area (Å²) in [7, 11) is 0. The van der Waals surface area contributed by atoms with E-state index in [4.69, 9.17) is 11.1 Å². The van der Waals surface area contributed by atoms with E-state index in [1.54, 1.807) is 12.3 Å². The molecule has 0 aliphatic heterocycles. The summed E-state index contributed by atoms with van der Waals surface area (Å²) in [5, 5.41) is 10.3. The molecule has 0 saturated carbocycles. The van der Waals surface area contributed by atoms with Crippen molar-refractivity contribution in [2.24, 2.45) is 5.73 Å². The SMILES string of the molecule is CC(C)Nc1ccc(C(=N)N)nc1. The highest BCUT2D eigenvalue weighted by molar-refractivity contribution is 5.93. The van der Waals surface area contributed by atoms with Crippen LogP contribution in [0.2, 0.25) is 0 Å². The fraction of sp³-hybridized carbons (Fsp3) is 0.333. The molecule has 0 radical (unpaired) electrons. The summed E-state index contributed by atoms with van der Waals surface area (Å²) >= 11 is 0. The van der Waals surface area contributed by atoms with E-state index >= 15 is 0 Å². The Morgan fingerprint density at radius 1 is 1.54 bits per heavy atom. The van der Waals surface area contributed by atoms with Gasteiger partial charge in [0.25, 0.3) is 0 Å². The monoisotopic (exact) mass is 178 g/mol. The Balaban J connectivity index is 2.75. The molecule has 4 N–H and O–H groups in total. The van der Waals surface area contributed by atoms with Crippen molar-refractivity contribution < 1.29 is 0 Å². The van der Waals surface area contributed by atoms with Crippen molar-refractivity contribution in [2.75, 3.05) is 5.32 Å². The lowest BCUT2D eigenvalue weighted by Gasteiger charge is -2.09. The maximum absolute atomic E-state index is 7.14. The number of anilines is 1. The molecule has 0 bridgehead atoms. The maximum Gasteiger partial charge on any atom is 0.141 e. The molecular formula is C9H14N4. The number of hydrogen-bond acceptors (Lipinski definition) is 3. The Morgan fingerprint density at radius 2 is 2.23 bits per heavy atom. The number of rotatable bonds is 3. The Bertz CT molecular complexity index is 289. The third-order valence-corrected chi connectivity index (χ3v) is 1.49. The van der Waals surface area contributed by atoms with Gasteiger partial charge in [-0.2, -0.15) is 0 Å². The van der Waals surface area contributed by atoms with Gasteiger partial charge in [-0.25, -0.2) is 0 Å². The molecule has 1 rings (SSSR count). The summed E-state index contributed by atoms with van der Waals surface area (Å²) in [4.78, 5) is 4.02. The second-order valence-electron chi connectivity index (χ2n) is 3.14. The van der Waals surface area contributed by atoms with Gasteiger partial charge in [-0.05, 0) is 26.0 Å². The maximum atomic E-state index is 7.14. The first-order valence-electron chi connectivity index (χ1n) is 4.16. The van der Waals surface area contributed by atoms with Gasteiger partial charge in [0, 0.05) is 6.04 Å². The zero-order valence-corrected chi connectivity index (χ0v) is 7.83. The smallest absolute Gasteiger partial charge is 0.141 e. The lowest BCUT2D eigenvalue weighted by molar-refractivity contribution is 0.897. The molecule has 0 atom stereocenters. The van der Waals surface area contributed by atoms with Gasteiger partial charge in [-0.3, -0.25) is 10.4 Å². The molecule has 13 heavy (non-hydrogen) atoms. The minimum atomic E-state index is -0.00361. The molecular weight excluding hydrogens is 164 g/mol. The van der Waals surface area contributed by atoms with Gasteiger partial charge < -0.3 is 11.1 Å². The van der Waals surface area contributed by atoms with Gasteiger partial charge in [0.15, 0.2) is 0 Å². The van der Waals surface area contributed by atoms with Gasteiger partial charge in [0.05, 0.1) is 11.9 Å². The lowest BCUT2D eigenvalue weighted by atomic mass is 10.3. The highest BCUT2D eigenvalue weighted by Crippen LogP contribution is 2.06. The number of aromatic nitrogens is 1. The van der Waals surface area contributed by atoms with Crippen molar-refractivity contribution in [3.63, 3.8) is 0 Å². The number of amidine groups is 1. The number of hydrogen-bond donors (Lipinski definition) is 3. The van der Waals surface area contributed by atoms with E-state index in [-0.39, 0.29) is 5.84 Å². The fourth-order valence-electron chi connectivity index (χ4n) is 0.972. The molecule has 0 aromatic carbocycles. The normalized spacial score (nSPS) is 10.1. The van der Waals surface area contributed by atoms with Crippen LogP contribution in [-0.4, -0.2) is 16.9 Å². The second-order valence-corrected chi connectivity index (χ2v) is 3.14. The second kappa shape index (κ2) is 3.89. The van der Waals surface area contributed by atoms with Crippen molar-refractivity contribution in [2.45, 2.75) is 19.9 Å². The first-order chi connectivity index (χ1) is 6.09. The summed E-state index contributed by atoms with van der Waals surface area (Å²) in [5.74, 6) is -0.00361. The predicted molar refractivity (Wildman–Crippen MR) is 54.0 cm³/mol. The average Bonchev–Trinajstić information content (AvgIpc) is 2.04. The Hall–Kier alpha value is -1.58. The van der Waals surface area contributed by atoms with Crippen molar-refractivity contribution in [1.29, 1.82) is 5.41 Å². The van der Waals surface area contributed by atoms with Gasteiger partial charge in [-0.1, -0.05) is 0 Å². The van der Waals surface area contributed by atoms with Gasteiger partial charge >= 0.3 is 0 Å². The molecule has 4 heteroatoms. The highest BCUT2D eigenvalue weighted by atomic mass is 14.9. The van der Waals surface area contributed by atoms with Crippen LogP contribution in [0.5, 0.6) is 0 Å². The van der Waals surface area contributed by atoms with Crippen LogP contribution in [-0.2, 0) is 0 Å². The van der Waals surface area contributed by atoms with Crippen LogP contribution in [0.15, 0.2) is 18.3 Å². The fourth-order valence-corrected chi connectivity index (χ4v) is 0.972. The van der Waals surface area contributed by atoms with E-state index in [2.05, 4.69) is 24.1 Å². The van der Waals surface area contributed by atoms with Crippen molar-refractivity contribution in [1.82, 2.24) is 4.98 Å². The summed E-state index contributed by atoms with van der Waals surface area (Å²) < 4.78 is 0. The van der Waals surface area contributed by atoms with Crippen LogP contribution in [0.1, 0.15) is 19.5 Å². The van der Waals surface area contributed by atoms with Gasteiger partial charge in [0.2, 0.25) is 0 Å². The van der Waals surface area contributed by atoms with E-state index < -0.39 is 0 Å². The van der Waals surface area contributed by atoms with Crippen molar-refractivity contribution in [3.8, 4) is 0 Å². The molecule has 70 valence electrons. The standard InChI is InChI=1S/C9H14N4/c1-6(2)13-7-3-4-8(9(10)11)12-5-7/h3-6,13H,1-2H3,(H3,10,11). The van der Waals surface area contributed by atoms with E-state index in [0.29, 0.717) is 11.7 Å². The highest BCUT2D eigenvalue weighted by Gasteiger charge is 1.98. The number of nitrogens with zero attached hydrogens (tertiary/aromatic N) is 1. The van der Waals surface area contributed by atoms with Crippen LogP contribution in [0, 0.1) is 5.41 Å². The Labute approximate surface area is 77.7 Å². The Kier molecular flexibility index (Phi) is 2.84. The molecule has 0 amide bonds. The Morgan fingerprint density at radius 3 is 2.62 bits per heavy atom. The summed E-state index contributed by atoms with van der Waals surface area (Å²) in [6.07, 6.45) is 1.68. The van der Waals surface area contributed by atoms with Crippen LogP contribution < -0.4 is 11.1 Å². The number of pyridine rings is 1. The van der Waals surface area contributed by atoms with Crippen LogP contribution in [0.25, 0.3) is 0 Å². The molecule has 0 saturated heterocycles. The minimum absolute atomic E-state index is 0.00361. The van der Waals surface area contributed by atoms with Crippen LogP contribution in [0.4, 0.5) is 5.69 Å². The minimum Gasteiger partial charge on any atom is -0.382 e. The molecule has 0 unspecified atom stereocenters. The van der Waals surface area contributed by atoms with Crippen molar-refractivity contribution in [3.05, 3.63) is 24.0 Å². The molecule has 0 aliphatic rings.